The van der Waals surface area contributed by atoms with Crippen LogP contribution in [0.3, 0.4) is 0 Å². The average molecular weight is 252 g/mol. The van der Waals surface area contributed by atoms with E-state index in [2.05, 4.69) is 35.8 Å². The lowest BCUT2D eigenvalue weighted by atomic mass is 9.90. The summed E-state index contributed by atoms with van der Waals surface area (Å²) >= 11 is 0. The van der Waals surface area contributed by atoms with E-state index in [4.69, 9.17) is 10.3 Å². The van der Waals surface area contributed by atoms with Gasteiger partial charge in [0.05, 0.1) is 6.04 Å². The molecule has 0 bridgehead atoms. The number of aromatic nitrogens is 2. The molecule has 1 aliphatic heterocycles. The van der Waals surface area contributed by atoms with Gasteiger partial charge >= 0.3 is 0 Å². The Labute approximate surface area is 109 Å². The lowest BCUT2D eigenvalue weighted by Crippen LogP contribution is -2.30. The van der Waals surface area contributed by atoms with Gasteiger partial charge in [-0.05, 0) is 32.4 Å². The molecule has 2 rings (SSSR count). The fourth-order valence-electron chi connectivity index (χ4n) is 2.14. The van der Waals surface area contributed by atoms with Crippen LogP contribution in [0, 0.1) is 0 Å². The molecular weight excluding hydrogens is 228 g/mol. The first kappa shape index (κ1) is 13.5. The predicted octanol–water partition coefficient (Wildman–Crippen LogP) is 1.85. The third kappa shape index (κ3) is 2.90. The number of likely N-dealkylation sites (tertiary alicyclic amines) is 1. The molecule has 2 N–H and O–H groups in total. The van der Waals surface area contributed by atoms with E-state index < -0.39 is 0 Å². The summed E-state index contributed by atoms with van der Waals surface area (Å²) in [5, 5.41) is 4.03. The molecule has 5 nitrogen and oxygen atoms in total. The summed E-state index contributed by atoms with van der Waals surface area (Å²) in [6.07, 6.45) is 3.51. The number of hydrogen-bond donors (Lipinski definition) is 1. The topological polar surface area (TPSA) is 68.2 Å². The Morgan fingerprint density at radius 1 is 1.39 bits per heavy atom. The van der Waals surface area contributed by atoms with Crippen molar-refractivity contribution in [3.05, 3.63) is 11.7 Å². The van der Waals surface area contributed by atoms with Crippen LogP contribution in [0.15, 0.2) is 4.52 Å². The molecule has 5 heteroatoms. The third-order valence-corrected chi connectivity index (χ3v) is 3.89. The molecular formula is C13H24N4O. The van der Waals surface area contributed by atoms with Gasteiger partial charge in [-0.15, -0.1) is 0 Å². The summed E-state index contributed by atoms with van der Waals surface area (Å²) in [5.74, 6) is 1.33. The van der Waals surface area contributed by atoms with Crippen LogP contribution in [0.2, 0.25) is 0 Å². The zero-order valence-corrected chi connectivity index (χ0v) is 11.6. The highest BCUT2D eigenvalue weighted by atomic mass is 16.5. The van der Waals surface area contributed by atoms with Gasteiger partial charge in [-0.25, -0.2) is 0 Å². The highest BCUT2D eigenvalue weighted by Gasteiger charge is 2.27. The van der Waals surface area contributed by atoms with E-state index in [0.717, 1.165) is 26.1 Å². The Kier molecular flexibility index (Phi) is 4.02. The van der Waals surface area contributed by atoms with Crippen molar-refractivity contribution in [2.24, 2.45) is 5.73 Å². The molecule has 0 aromatic carbocycles. The molecule has 102 valence electrons. The molecule has 0 aliphatic carbocycles. The summed E-state index contributed by atoms with van der Waals surface area (Å²) < 4.78 is 5.35. The van der Waals surface area contributed by atoms with E-state index in [0.29, 0.717) is 11.7 Å². The monoisotopic (exact) mass is 252 g/mol. The lowest BCUT2D eigenvalue weighted by molar-refractivity contribution is 0.290. The van der Waals surface area contributed by atoms with Gasteiger partial charge in [-0.3, -0.25) is 0 Å². The molecule has 1 unspecified atom stereocenters. The van der Waals surface area contributed by atoms with E-state index >= 15 is 0 Å². The van der Waals surface area contributed by atoms with Gasteiger partial charge in [0.2, 0.25) is 5.89 Å². The minimum absolute atomic E-state index is 0.0708. The van der Waals surface area contributed by atoms with Crippen molar-refractivity contribution in [3.63, 3.8) is 0 Å². The van der Waals surface area contributed by atoms with Gasteiger partial charge in [0, 0.05) is 12.0 Å². The minimum Gasteiger partial charge on any atom is -0.339 e. The van der Waals surface area contributed by atoms with E-state index in [1.807, 2.05) is 0 Å². The molecule has 1 aromatic heterocycles. The Hall–Kier alpha value is -0.940. The van der Waals surface area contributed by atoms with Crippen LogP contribution in [0.25, 0.3) is 0 Å². The molecule has 1 saturated heterocycles. The average Bonchev–Trinajstić information content (AvgIpc) is 2.99. The van der Waals surface area contributed by atoms with Crippen LogP contribution in [-0.2, 0) is 5.41 Å². The van der Waals surface area contributed by atoms with Gasteiger partial charge in [-0.2, -0.15) is 4.98 Å². The van der Waals surface area contributed by atoms with Gasteiger partial charge in [0.25, 0.3) is 0 Å². The highest BCUT2D eigenvalue weighted by molar-refractivity contribution is 5.03. The largest absolute Gasteiger partial charge is 0.339 e. The molecule has 18 heavy (non-hydrogen) atoms. The van der Waals surface area contributed by atoms with Crippen LogP contribution in [0.5, 0.6) is 0 Å². The molecule has 1 atom stereocenters. The van der Waals surface area contributed by atoms with Crippen molar-refractivity contribution in [2.45, 2.75) is 51.5 Å². The summed E-state index contributed by atoms with van der Waals surface area (Å²) in [5.41, 5.74) is 6.08. The van der Waals surface area contributed by atoms with Gasteiger partial charge < -0.3 is 15.2 Å². The van der Waals surface area contributed by atoms with Crippen LogP contribution in [0.1, 0.15) is 57.8 Å². The van der Waals surface area contributed by atoms with Crippen LogP contribution < -0.4 is 5.73 Å². The highest BCUT2D eigenvalue weighted by Crippen LogP contribution is 2.25. The third-order valence-electron chi connectivity index (χ3n) is 3.89. The van der Waals surface area contributed by atoms with Crippen LogP contribution in [-0.4, -0.2) is 34.7 Å². The molecule has 1 aliphatic rings. The number of nitrogens with zero attached hydrogens (tertiary/aromatic N) is 3. The standard InChI is InChI=1S/C13H24N4O/c1-4-13(2,3)12-15-11(16-18-12)10(14)9-17-7-5-6-8-17/h10H,4-9,14H2,1-3H3. The van der Waals surface area contributed by atoms with E-state index in [1.165, 1.54) is 12.8 Å². The Morgan fingerprint density at radius 3 is 2.67 bits per heavy atom. The quantitative estimate of drug-likeness (QED) is 0.866. The number of nitrogens with two attached hydrogens (primary N) is 1. The maximum atomic E-state index is 6.15. The summed E-state index contributed by atoms with van der Waals surface area (Å²) in [7, 11) is 0. The van der Waals surface area contributed by atoms with Gasteiger partial charge in [0.15, 0.2) is 5.82 Å². The fourth-order valence-corrected chi connectivity index (χ4v) is 2.14. The summed E-state index contributed by atoms with van der Waals surface area (Å²) in [4.78, 5) is 6.83. The Morgan fingerprint density at radius 2 is 2.06 bits per heavy atom. The first-order valence-electron chi connectivity index (χ1n) is 6.85. The van der Waals surface area contributed by atoms with Crippen molar-refractivity contribution >= 4 is 0 Å². The maximum Gasteiger partial charge on any atom is 0.232 e. The second kappa shape index (κ2) is 5.36. The molecule has 0 amide bonds. The second-order valence-electron chi connectivity index (χ2n) is 5.81. The Balaban J connectivity index is 2.00. The van der Waals surface area contributed by atoms with Crippen molar-refractivity contribution in [1.29, 1.82) is 0 Å². The minimum atomic E-state index is -0.145. The van der Waals surface area contributed by atoms with Gasteiger partial charge in [-0.1, -0.05) is 25.9 Å². The number of hydrogen-bond acceptors (Lipinski definition) is 5. The first-order chi connectivity index (χ1) is 8.53. The molecule has 0 saturated carbocycles. The van der Waals surface area contributed by atoms with Crippen molar-refractivity contribution in [2.75, 3.05) is 19.6 Å². The zero-order valence-electron chi connectivity index (χ0n) is 11.6. The van der Waals surface area contributed by atoms with Crippen LogP contribution >= 0.6 is 0 Å². The first-order valence-corrected chi connectivity index (χ1v) is 6.85. The summed E-state index contributed by atoms with van der Waals surface area (Å²) in [6, 6.07) is -0.145. The molecule has 1 fully saturated rings. The second-order valence-corrected chi connectivity index (χ2v) is 5.81. The SMILES string of the molecule is CCC(C)(C)c1nc(C(N)CN2CCCC2)no1. The lowest BCUT2D eigenvalue weighted by Gasteiger charge is -2.18. The van der Waals surface area contributed by atoms with E-state index in [-0.39, 0.29) is 11.5 Å². The molecule has 1 aromatic rings. The smallest absolute Gasteiger partial charge is 0.232 e. The van der Waals surface area contributed by atoms with E-state index in [1.54, 1.807) is 0 Å². The summed E-state index contributed by atoms with van der Waals surface area (Å²) in [6.45, 7) is 9.43. The molecule has 0 spiro atoms. The molecule has 0 radical (unpaired) electrons. The molecule has 2 heterocycles. The fraction of sp³-hybridized carbons (Fsp3) is 0.846. The predicted molar refractivity (Wildman–Crippen MR) is 70.2 cm³/mol. The maximum absolute atomic E-state index is 6.15. The number of rotatable bonds is 5. The van der Waals surface area contributed by atoms with Gasteiger partial charge in [0.1, 0.15) is 0 Å². The van der Waals surface area contributed by atoms with Crippen LogP contribution in [0.4, 0.5) is 0 Å². The van der Waals surface area contributed by atoms with Crippen molar-refractivity contribution in [3.8, 4) is 0 Å². The van der Waals surface area contributed by atoms with E-state index in [9.17, 15) is 0 Å². The van der Waals surface area contributed by atoms with Crippen molar-refractivity contribution in [1.82, 2.24) is 15.0 Å². The normalized spacial score (nSPS) is 19.3. The Bertz CT molecular complexity index is 382. The zero-order chi connectivity index (χ0) is 13.2. The van der Waals surface area contributed by atoms with Crippen molar-refractivity contribution < 1.29 is 4.52 Å².